The third-order valence-corrected chi connectivity index (χ3v) is 5.47. The normalized spacial score (nSPS) is 19.6. The van der Waals surface area contributed by atoms with Crippen LogP contribution in [0.4, 0.5) is 11.5 Å². The Bertz CT molecular complexity index is 759. The molecular weight excluding hydrogens is 360 g/mol. The van der Waals surface area contributed by atoms with Gasteiger partial charge >= 0.3 is 0 Å². The number of carbonyl (C=O) groups excluding carboxylic acids is 1. The Morgan fingerprint density at radius 2 is 1.93 bits per heavy atom. The zero-order valence-corrected chi connectivity index (χ0v) is 16.8. The maximum atomic E-state index is 12.2. The topological polar surface area (TPSA) is 67.3 Å². The molecule has 6 nitrogen and oxygen atoms in total. The van der Waals surface area contributed by atoms with E-state index in [4.69, 9.17) is 4.74 Å². The molecule has 0 spiro atoms. The Hall–Kier alpha value is -2.28. The van der Waals surface area contributed by atoms with Crippen LogP contribution in [0.3, 0.4) is 0 Å². The van der Waals surface area contributed by atoms with Crippen LogP contribution in [0.2, 0.25) is 0 Å². The molecule has 2 atom stereocenters. The Labute approximate surface area is 164 Å². The molecule has 1 aliphatic heterocycles. The van der Waals surface area contributed by atoms with Crippen LogP contribution in [-0.4, -0.2) is 41.8 Å². The molecule has 2 unspecified atom stereocenters. The van der Waals surface area contributed by atoms with Crippen LogP contribution in [0.15, 0.2) is 41.7 Å². The van der Waals surface area contributed by atoms with Gasteiger partial charge in [0.2, 0.25) is 5.91 Å². The number of hydrogen-bond acceptors (Lipinski definition) is 6. The fourth-order valence-electron chi connectivity index (χ4n) is 3.44. The van der Waals surface area contributed by atoms with Crippen molar-refractivity contribution in [2.45, 2.75) is 25.3 Å². The summed E-state index contributed by atoms with van der Waals surface area (Å²) < 4.78 is 5.12. The first-order valence-corrected chi connectivity index (χ1v) is 10.2. The highest BCUT2D eigenvalue weighted by atomic mass is 32.2. The standard InChI is InChI=1S/C20H26N4O2S/c1-14-8-15(2)11-24(10-14)18-9-20(22-13-21-18)27-12-19(25)23-16-4-6-17(26-3)7-5-16/h4-7,9,13-15H,8,10-12H2,1-3H3,(H,23,25). The Balaban J connectivity index is 1.55. The van der Waals surface area contributed by atoms with Crippen molar-refractivity contribution in [1.82, 2.24) is 9.97 Å². The van der Waals surface area contributed by atoms with Crippen molar-refractivity contribution in [2.24, 2.45) is 11.8 Å². The zero-order chi connectivity index (χ0) is 19.2. The number of aromatic nitrogens is 2. The van der Waals surface area contributed by atoms with Gasteiger partial charge in [-0.25, -0.2) is 9.97 Å². The minimum atomic E-state index is -0.0643. The minimum Gasteiger partial charge on any atom is -0.497 e. The monoisotopic (exact) mass is 386 g/mol. The number of thioether (sulfide) groups is 1. The number of nitrogens with one attached hydrogen (secondary N) is 1. The largest absolute Gasteiger partial charge is 0.497 e. The van der Waals surface area contributed by atoms with Crippen molar-refractivity contribution < 1.29 is 9.53 Å². The Morgan fingerprint density at radius 1 is 1.22 bits per heavy atom. The molecule has 0 aliphatic carbocycles. The highest BCUT2D eigenvalue weighted by Crippen LogP contribution is 2.27. The predicted octanol–water partition coefficient (Wildman–Crippen LogP) is 3.70. The summed E-state index contributed by atoms with van der Waals surface area (Å²) in [5, 5.41) is 3.70. The summed E-state index contributed by atoms with van der Waals surface area (Å²) in [7, 11) is 1.62. The number of carbonyl (C=O) groups is 1. The number of rotatable bonds is 6. The van der Waals surface area contributed by atoms with E-state index in [1.54, 1.807) is 13.4 Å². The third-order valence-electron chi connectivity index (χ3n) is 4.55. The molecule has 144 valence electrons. The number of ether oxygens (including phenoxy) is 1. The van der Waals surface area contributed by atoms with Crippen molar-refractivity contribution in [3.63, 3.8) is 0 Å². The first kappa shape index (κ1) is 19.5. The fraction of sp³-hybridized carbons (Fsp3) is 0.450. The lowest BCUT2D eigenvalue weighted by Gasteiger charge is -2.35. The SMILES string of the molecule is COc1ccc(NC(=O)CSc2cc(N3CC(C)CC(C)C3)ncn2)cc1. The molecule has 1 amide bonds. The van der Waals surface area contributed by atoms with Crippen molar-refractivity contribution >= 4 is 29.2 Å². The van der Waals surface area contributed by atoms with Crippen LogP contribution in [-0.2, 0) is 4.79 Å². The smallest absolute Gasteiger partial charge is 0.234 e. The average Bonchev–Trinajstić information content (AvgIpc) is 2.66. The first-order valence-electron chi connectivity index (χ1n) is 9.17. The zero-order valence-electron chi connectivity index (χ0n) is 16.0. The number of benzene rings is 1. The van der Waals surface area contributed by atoms with E-state index >= 15 is 0 Å². The van der Waals surface area contributed by atoms with Gasteiger partial charge < -0.3 is 15.0 Å². The van der Waals surface area contributed by atoms with Gasteiger partial charge in [-0.3, -0.25) is 4.79 Å². The van der Waals surface area contributed by atoms with E-state index in [0.29, 0.717) is 17.6 Å². The molecule has 7 heteroatoms. The van der Waals surface area contributed by atoms with Gasteiger partial charge in [0.15, 0.2) is 0 Å². The lowest BCUT2D eigenvalue weighted by Crippen LogP contribution is -2.39. The Morgan fingerprint density at radius 3 is 2.59 bits per heavy atom. The summed E-state index contributed by atoms with van der Waals surface area (Å²) in [5.41, 5.74) is 0.751. The highest BCUT2D eigenvalue weighted by Gasteiger charge is 2.23. The molecule has 0 saturated carbocycles. The van der Waals surface area contributed by atoms with Gasteiger partial charge in [0.25, 0.3) is 0 Å². The number of methoxy groups -OCH3 is 1. The quantitative estimate of drug-likeness (QED) is 0.603. The summed E-state index contributed by atoms with van der Waals surface area (Å²) in [6, 6.07) is 9.27. The first-order chi connectivity index (χ1) is 13.0. The molecule has 1 N–H and O–H groups in total. The van der Waals surface area contributed by atoms with Gasteiger partial charge in [-0.2, -0.15) is 0 Å². The second-order valence-electron chi connectivity index (χ2n) is 7.13. The molecule has 1 aromatic heterocycles. The van der Waals surface area contributed by atoms with Crippen LogP contribution in [0.25, 0.3) is 0 Å². The average molecular weight is 387 g/mol. The van der Waals surface area contributed by atoms with E-state index in [2.05, 4.69) is 34.0 Å². The number of hydrogen-bond donors (Lipinski definition) is 1. The third kappa shape index (κ3) is 5.60. The molecule has 2 heterocycles. The van der Waals surface area contributed by atoms with E-state index in [-0.39, 0.29) is 5.91 Å². The van der Waals surface area contributed by atoms with E-state index in [1.165, 1.54) is 18.2 Å². The number of piperidine rings is 1. The molecule has 2 aromatic rings. The van der Waals surface area contributed by atoms with Gasteiger partial charge in [0, 0.05) is 24.8 Å². The molecule has 3 rings (SSSR count). The van der Waals surface area contributed by atoms with Gasteiger partial charge in [0.05, 0.1) is 12.9 Å². The van der Waals surface area contributed by atoms with Crippen LogP contribution in [0.1, 0.15) is 20.3 Å². The second kappa shape index (κ2) is 9.08. The molecule has 1 fully saturated rings. The van der Waals surface area contributed by atoms with Crippen LogP contribution < -0.4 is 15.0 Å². The van der Waals surface area contributed by atoms with Crippen molar-refractivity contribution in [1.29, 1.82) is 0 Å². The predicted molar refractivity (Wildman–Crippen MR) is 110 cm³/mol. The molecule has 0 bridgehead atoms. The molecule has 1 aliphatic rings. The molecule has 0 radical (unpaired) electrons. The van der Waals surface area contributed by atoms with Gasteiger partial charge in [-0.1, -0.05) is 25.6 Å². The number of nitrogens with zero attached hydrogens (tertiary/aromatic N) is 3. The Kier molecular flexibility index (Phi) is 6.55. The summed E-state index contributed by atoms with van der Waals surface area (Å²) >= 11 is 1.42. The maximum absolute atomic E-state index is 12.2. The van der Waals surface area contributed by atoms with Gasteiger partial charge in [0.1, 0.15) is 22.9 Å². The minimum absolute atomic E-state index is 0.0643. The van der Waals surface area contributed by atoms with Crippen LogP contribution in [0.5, 0.6) is 5.75 Å². The van der Waals surface area contributed by atoms with Crippen molar-refractivity contribution in [2.75, 3.05) is 36.2 Å². The van der Waals surface area contributed by atoms with E-state index in [1.807, 2.05) is 30.3 Å². The fourth-order valence-corrected chi connectivity index (χ4v) is 4.10. The second-order valence-corrected chi connectivity index (χ2v) is 8.13. The van der Waals surface area contributed by atoms with Gasteiger partial charge in [-0.05, 0) is 42.5 Å². The summed E-state index contributed by atoms with van der Waals surface area (Å²) in [5.74, 6) is 3.27. The molecular formula is C20H26N4O2S. The lowest BCUT2D eigenvalue weighted by molar-refractivity contribution is -0.113. The van der Waals surface area contributed by atoms with E-state index < -0.39 is 0 Å². The van der Waals surface area contributed by atoms with E-state index in [0.717, 1.165) is 35.4 Å². The lowest BCUT2D eigenvalue weighted by atomic mass is 9.92. The summed E-state index contributed by atoms with van der Waals surface area (Å²) in [6.07, 6.45) is 2.84. The van der Waals surface area contributed by atoms with E-state index in [9.17, 15) is 4.79 Å². The van der Waals surface area contributed by atoms with Crippen molar-refractivity contribution in [3.05, 3.63) is 36.7 Å². The highest BCUT2D eigenvalue weighted by molar-refractivity contribution is 7.99. The van der Waals surface area contributed by atoms with Gasteiger partial charge in [-0.15, -0.1) is 0 Å². The van der Waals surface area contributed by atoms with Crippen molar-refractivity contribution in [3.8, 4) is 5.75 Å². The molecule has 1 aromatic carbocycles. The summed E-state index contributed by atoms with van der Waals surface area (Å²) in [4.78, 5) is 23.3. The maximum Gasteiger partial charge on any atom is 0.234 e. The summed E-state index contributed by atoms with van der Waals surface area (Å²) in [6.45, 7) is 6.60. The number of amides is 1. The molecule has 27 heavy (non-hydrogen) atoms. The van der Waals surface area contributed by atoms with Crippen LogP contribution >= 0.6 is 11.8 Å². The molecule has 1 saturated heterocycles. The number of anilines is 2. The van der Waals surface area contributed by atoms with Crippen LogP contribution in [0, 0.1) is 11.8 Å².